The minimum absolute atomic E-state index is 0.122. The zero-order chi connectivity index (χ0) is 12.0. The van der Waals surface area contributed by atoms with Crippen LogP contribution in [0, 0.1) is 9.39 Å². The molecule has 16 heavy (non-hydrogen) atoms. The van der Waals surface area contributed by atoms with E-state index in [0.717, 1.165) is 0 Å². The summed E-state index contributed by atoms with van der Waals surface area (Å²) in [6.07, 6.45) is 0. The Morgan fingerprint density at radius 1 is 0.938 bits per heavy atom. The standard InChI is InChI=1S/C6H4FIO.C6H6O/c7-4-1-2-6(9)5(8)3-4;7-6-4-2-1-3-5-6/h1-3,9H;1-5,7H. The summed E-state index contributed by atoms with van der Waals surface area (Å²) in [5.74, 6) is 0.122. The van der Waals surface area contributed by atoms with Gasteiger partial charge in [0.25, 0.3) is 0 Å². The Morgan fingerprint density at radius 2 is 1.56 bits per heavy atom. The maximum Gasteiger partial charge on any atom is 0.129 e. The van der Waals surface area contributed by atoms with Gasteiger partial charge in [-0.1, -0.05) is 18.2 Å². The van der Waals surface area contributed by atoms with Crippen LogP contribution in [0.5, 0.6) is 11.5 Å². The van der Waals surface area contributed by atoms with E-state index in [2.05, 4.69) is 0 Å². The van der Waals surface area contributed by atoms with Gasteiger partial charge in [0.2, 0.25) is 0 Å². The number of hydrogen-bond acceptors (Lipinski definition) is 2. The first kappa shape index (κ1) is 12.8. The minimum atomic E-state index is -0.322. The summed E-state index contributed by atoms with van der Waals surface area (Å²) in [7, 11) is 0. The van der Waals surface area contributed by atoms with Gasteiger partial charge in [0, 0.05) is 0 Å². The van der Waals surface area contributed by atoms with Crippen LogP contribution >= 0.6 is 22.6 Å². The highest BCUT2D eigenvalue weighted by molar-refractivity contribution is 14.1. The summed E-state index contributed by atoms with van der Waals surface area (Å²) in [5, 5.41) is 17.5. The normalized spacial score (nSPS) is 9.12. The first-order valence-corrected chi connectivity index (χ1v) is 5.55. The quantitative estimate of drug-likeness (QED) is 0.725. The van der Waals surface area contributed by atoms with Gasteiger partial charge < -0.3 is 10.2 Å². The lowest BCUT2D eigenvalue weighted by atomic mass is 10.3. The molecule has 0 atom stereocenters. The van der Waals surface area contributed by atoms with E-state index in [0.29, 0.717) is 9.32 Å². The molecule has 2 rings (SSSR count). The van der Waals surface area contributed by atoms with Crippen molar-refractivity contribution in [2.24, 2.45) is 0 Å². The highest BCUT2D eigenvalue weighted by Gasteiger charge is 1.96. The number of phenols is 2. The van der Waals surface area contributed by atoms with Crippen LogP contribution in [0.4, 0.5) is 4.39 Å². The molecule has 0 spiro atoms. The number of rotatable bonds is 0. The molecule has 0 aromatic heterocycles. The molecule has 0 aliphatic carbocycles. The van der Waals surface area contributed by atoms with Gasteiger partial charge in [0.15, 0.2) is 0 Å². The van der Waals surface area contributed by atoms with Crippen molar-refractivity contribution in [2.45, 2.75) is 0 Å². The third-order valence-electron chi connectivity index (χ3n) is 1.67. The van der Waals surface area contributed by atoms with E-state index in [1.54, 1.807) is 24.3 Å². The molecular weight excluding hydrogens is 322 g/mol. The number of benzene rings is 2. The molecule has 2 nitrogen and oxygen atoms in total. The Morgan fingerprint density at radius 3 is 1.94 bits per heavy atom. The first-order chi connectivity index (χ1) is 7.59. The predicted octanol–water partition coefficient (Wildman–Crippen LogP) is 3.53. The van der Waals surface area contributed by atoms with Crippen LogP contribution in [-0.2, 0) is 0 Å². The highest BCUT2D eigenvalue weighted by Crippen LogP contribution is 2.18. The topological polar surface area (TPSA) is 40.5 Å². The monoisotopic (exact) mass is 332 g/mol. The number of hydrogen-bond donors (Lipinski definition) is 2. The maximum absolute atomic E-state index is 12.2. The molecule has 2 aromatic carbocycles. The molecule has 0 aliphatic rings. The van der Waals surface area contributed by atoms with E-state index < -0.39 is 0 Å². The Kier molecular flexibility index (Phi) is 5.04. The third kappa shape index (κ3) is 4.48. The van der Waals surface area contributed by atoms with Gasteiger partial charge in [0.05, 0.1) is 3.57 Å². The number of phenolic OH excluding ortho intramolecular Hbond substituents is 2. The fourth-order valence-electron chi connectivity index (χ4n) is 0.909. The summed E-state index contributed by atoms with van der Waals surface area (Å²) < 4.78 is 12.8. The zero-order valence-electron chi connectivity index (χ0n) is 8.27. The van der Waals surface area contributed by atoms with Crippen molar-refractivity contribution < 1.29 is 14.6 Å². The van der Waals surface area contributed by atoms with Crippen LogP contribution in [0.2, 0.25) is 0 Å². The van der Waals surface area contributed by atoms with Crippen molar-refractivity contribution in [3.8, 4) is 11.5 Å². The first-order valence-electron chi connectivity index (χ1n) is 4.47. The van der Waals surface area contributed by atoms with Crippen LogP contribution in [0.25, 0.3) is 0 Å². The van der Waals surface area contributed by atoms with Gasteiger partial charge >= 0.3 is 0 Å². The molecule has 0 unspecified atom stereocenters. The molecule has 84 valence electrons. The molecule has 0 amide bonds. The Hall–Kier alpha value is -1.30. The van der Waals surface area contributed by atoms with Crippen molar-refractivity contribution in [2.75, 3.05) is 0 Å². The molecule has 2 aromatic rings. The Labute approximate surface area is 107 Å². The molecule has 0 aliphatic heterocycles. The number of aromatic hydroxyl groups is 2. The molecule has 0 saturated heterocycles. The zero-order valence-corrected chi connectivity index (χ0v) is 10.4. The van der Waals surface area contributed by atoms with E-state index in [1.165, 1.54) is 18.2 Å². The van der Waals surface area contributed by atoms with Crippen LogP contribution in [0.1, 0.15) is 0 Å². The summed E-state index contributed by atoms with van der Waals surface area (Å²) in [4.78, 5) is 0. The van der Waals surface area contributed by atoms with Crippen LogP contribution in [-0.4, -0.2) is 10.2 Å². The molecule has 4 heteroatoms. The molecule has 0 radical (unpaired) electrons. The van der Waals surface area contributed by atoms with Gasteiger partial charge in [-0.15, -0.1) is 0 Å². The van der Waals surface area contributed by atoms with Crippen molar-refractivity contribution in [3.05, 3.63) is 57.9 Å². The third-order valence-corrected chi connectivity index (χ3v) is 2.53. The van der Waals surface area contributed by atoms with E-state index in [-0.39, 0.29) is 11.6 Å². The van der Waals surface area contributed by atoms with E-state index >= 15 is 0 Å². The van der Waals surface area contributed by atoms with Gasteiger partial charge in [-0.3, -0.25) is 0 Å². The lowest BCUT2D eigenvalue weighted by molar-refractivity contribution is 0.469. The molecule has 0 bridgehead atoms. The van der Waals surface area contributed by atoms with Crippen LogP contribution in [0.15, 0.2) is 48.5 Å². The largest absolute Gasteiger partial charge is 0.508 e. The second-order valence-corrected chi connectivity index (χ2v) is 4.09. The van der Waals surface area contributed by atoms with Crippen LogP contribution < -0.4 is 0 Å². The summed E-state index contributed by atoms with van der Waals surface area (Å²) in [6, 6.07) is 12.5. The van der Waals surface area contributed by atoms with E-state index in [1.807, 2.05) is 28.7 Å². The lowest BCUT2D eigenvalue weighted by Gasteiger charge is -1.93. The van der Waals surface area contributed by atoms with Crippen molar-refractivity contribution in [1.82, 2.24) is 0 Å². The van der Waals surface area contributed by atoms with E-state index in [9.17, 15) is 4.39 Å². The molecular formula is C12H10FIO2. The van der Waals surface area contributed by atoms with Crippen molar-refractivity contribution in [3.63, 3.8) is 0 Å². The average Bonchev–Trinajstić information content (AvgIpc) is 2.26. The molecule has 0 fully saturated rings. The Balaban J connectivity index is 0.000000165. The summed E-state index contributed by atoms with van der Waals surface area (Å²) >= 11 is 1.86. The smallest absolute Gasteiger partial charge is 0.129 e. The minimum Gasteiger partial charge on any atom is -0.508 e. The lowest BCUT2D eigenvalue weighted by Crippen LogP contribution is -1.75. The maximum atomic E-state index is 12.2. The summed E-state index contributed by atoms with van der Waals surface area (Å²) in [5.41, 5.74) is 0. The van der Waals surface area contributed by atoms with Gasteiger partial charge in [-0.2, -0.15) is 0 Å². The fourth-order valence-corrected chi connectivity index (χ4v) is 1.39. The number of para-hydroxylation sites is 1. The van der Waals surface area contributed by atoms with Gasteiger partial charge in [0.1, 0.15) is 17.3 Å². The van der Waals surface area contributed by atoms with Crippen LogP contribution in [0.3, 0.4) is 0 Å². The van der Waals surface area contributed by atoms with Crippen molar-refractivity contribution in [1.29, 1.82) is 0 Å². The Bertz CT molecular complexity index is 446. The van der Waals surface area contributed by atoms with Crippen molar-refractivity contribution >= 4 is 22.6 Å². The van der Waals surface area contributed by atoms with Gasteiger partial charge in [-0.25, -0.2) is 4.39 Å². The SMILES string of the molecule is Oc1ccc(F)cc1I.Oc1ccccc1. The average molecular weight is 332 g/mol. The molecule has 0 heterocycles. The van der Waals surface area contributed by atoms with Gasteiger partial charge in [-0.05, 0) is 52.9 Å². The highest BCUT2D eigenvalue weighted by atomic mass is 127. The second-order valence-electron chi connectivity index (χ2n) is 2.93. The number of halogens is 2. The fraction of sp³-hybridized carbons (Fsp3) is 0. The van der Waals surface area contributed by atoms with E-state index in [4.69, 9.17) is 10.2 Å². The molecule has 2 N–H and O–H groups in total. The second kappa shape index (κ2) is 6.32. The molecule has 0 saturated carbocycles. The predicted molar refractivity (Wildman–Crippen MR) is 68.9 cm³/mol. The summed E-state index contributed by atoms with van der Waals surface area (Å²) in [6.45, 7) is 0.